The Morgan fingerprint density at radius 2 is 1.90 bits per heavy atom. The van der Waals surface area contributed by atoms with Gasteiger partial charge in [0.2, 0.25) is 0 Å². The lowest BCUT2D eigenvalue weighted by Crippen LogP contribution is -2.07. The summed E-state index contributed by atoms with van der Waals surface area (Å²) in [5.74, 6) is 0.855. The first-order valence-electron chi connectivity index (χ1n) is 6.10. The first-order valence-corrected chi connectivity index (χ1v) is 7.65. The van der Waals surface area contributed by atoms with Crippen molar-refractivity contribution in [3.63, 3.8) is 0 Å². The molecule has 0 fully saturated rings. The van der Waals surface area contributed by atoms with Crippen molar-refractivity contribution in [2.75, 3.05) is 7.05 Å². The first-order chi connectivity index (χ1) is 9.60. The van der Waals surface area contributed by atoms with E-state index >= 15 is 0 Å². The second-order valence-electron chi connectivity index (χ2n) is 4.32. The van der Waals surface area contributed by atoms with Gasteiger partial charge < -0.3 is 10.1 Å². The van der Waals surface area contributed by atoms with Gasteiger partial charge in [0.05, 0.1) is 10.0 Å². The molecule has 0 saturated heterocycles. The van der Waals surface area contributed by atoms with Gasteiger partial charge in [-0.05, 0) is 42.9 Å². The molecule has 5 heteroatoms. The van der Waals surface area contributed by atoms with Gasteiger partial charge in [0.25, 0.3) is 0 Å². The van der Waals surface area contributed by atoms with Crippen LogP contribution in [0, 0.1) is 0 Å². The molecule has 20 heavy (non-hydrogen) atoms. The molecule has 0 bridgehead atoms. The molecule has 0 atom stereocenters. The maximum atomic E-state index is 5.99. The SMILES string of the molecule is CNCc1cc(Br)ccc1OCc1ccc(Cl)c(Cl)c1. The highest BCUT2D eigenvalue weighted by Gasteiger charge is 2.05. The summed E-state index contributed by atoms with van der Waals surface area (Å²) < 4.78 is 6.90. The lowest BCUT2D eigenvalue weighted by Gasteiger charge is -2.12. The van der Waals surface area contributed by atoms with Gasteiger partial charge in [-0.25, -0.2) is 0 Å². The van der Waals surface area contributed by atoms with E-state index in [1.54, 1.807) is 6.07 Å². The predicted octanol–water partition coefficient (Wildman–Crippen LogP) is 5.05. The third kappa shape index (κ3) is 4.13. The zero-order valence-corrected chi connectivity index (χ0v) is 14.0. The molecule has 0 spiro atoms. The van der Waals surface area contributed by atoms with Crippen molar-refractivity contribution >= 4 is 39.1 Å². The number of hydrogen-bond donors (Lipinski definition) is 1. The molecule has 2 nitrogen and oxygen atoms in total. The molecule has 0 heterocycles. The van der Waals surface area contributed by atoms with E-state index in [-0.39, 0.29) is 0 Å². The predicted molar refractivity (Wildman–Crippen MR) is 87.7 cm³/mol. The summed E-state index contributed by atoms with van der Waals surface area (Å²) in [6.45, 7) is 1.20. The Kier molecular flexibility index (Phi) is 5.73. The van der Waals surface area contributed by atoms with Gasteiger partial charge in [-0.1, -0.05) is 45.2 Å². The van der Waals surface area contributed by atoms with Gasteiger partial charge in [0.1, 0.15) is 12.4 Å². The highest BCUT2D eigenvalue weighted by Crippen LogP contribution is 2.26. The molecule has 0 aliphatic carbocycles. The number of hydrogen-bond acceptors (Lipinski definition) is 2. The minimum absolute atomic E-state index is 0.454. The standard InChI is InChI=1S/C15H14BrCl2NO/c1-19-8-11-7-12(16)3-5-15(11)20-9-10-2-4-13(17)14(18)6-10/h2-7,19H,8-9H2,1H3. The minimum Gasteiger partial charge on any atom is -0.489 e. The van der Waals surface area contributed by atoms with Gasteiger partial charge in [-0.3, -0.25) is 0 Å². The average molecular weight is 375 g/mol. The van der Waals surface area contributed by atoms with Crippen molar-refractivity contribution < 1.29 is 4.74 Å². The number of rotatable bonds is 5. The van der Waals surface area contributed by atoms with Gasteiger partial charge in [0.15, 0.2) is 0 Å². The molecule has 0 amide bonds. The molecular weight excluding hydrogens is 361 g/mol. The Labute approximate surface area is 137 Å². The van der Waals surface area contributed by atoms with Crippen molar-refractivity contribution in [2.24, 2.45) is 0 Å². The fourth-order valence-electron chi connectivity index (χ4n) is 1.81. The van der Waals surface area contributed by atoms with Crippen LogP contribution >= 0.6 is 39.1 Å². The van der Waals surface area contributed by atoms with Crippen LogP contribution in [0.25, 0.3) is 0 Å². The van der Waals surface area contributed by atoms with Crippen LogP contribution in [-0.2, 0) is 13.2 Å². The van der Waals surface area contributed by atoms with Gasteiger partial charge in [-0.2, -0.15) is 0 Å². The molecule has 2 rings (SSSR count). The molecular formula is C15H14BrCl2NO. The Bertz CT molecular complexity index is 604. The van der Waals surface area contributed by atoms with E-state index < -0.39 is 0 Å². The van der Waals surface area contributed by atoms with Crippen LogP contribution in [0.4, 0.5) is 0 Å². The zero-order chi connectivity index (χ0) is 14.5. The van der Waals surface area contributed by atoms with E-state index in [2.05, 4.69) is 21.2 Å². The lowest BCUT2D eigenvalue weighted by atomic mass is 10.2. The second-order valence-corrected chi connectivity index (χ2v) is 6.05. The Morgan fingerprint density at radius 1 is 1.10 bits per heavy atom. The molecule has 106 valence electrons. The van der Waals surface area contributed by atoms with Crippen molar-refractivity contribution in [3.8, 4) is 5.75 Å². The molecule has 0 radical (unpaired) electrons. The summed E-state index contributed by atoms with van der Waals surface area (Å²) in [4.78, 5) is 0. The fourth-order valence-corrected chi connectivity index (χ4v) is 2.54. The van der Waals surface area contributed by atoms with Crippen LogP contribution in [-0.4, -0.2) is 7.05 Å². The van der Waals surface area contributed by atoms with E-state index in [1.165, 1.54) is 0 Å². The molecule has 0 aliphatic rings. The van der Waals surface area contributed by atoms with E-state index in [9.17, 15) is 0 Å². The monoisotopic (exact) mass is 373 g/mol. The highest BCUT2D eigenvalue weighted by molar-refractivity contribution is 9.10. The third-order valence-corrected chi connectivity index (χ3v) is 4.00. The van der Waals surface area contributed by atoms with E-state index in [4.69, 9.17) is 27.9 Å². The molecule has 0 aromatic heterocycles. The van der Waals surface area contributed by atoms with Gasteiger partial charge in [-0.15, -0.1) is 0 Å². The zero-order valence-electron chi connectivity index (χ0n) is 10.9. The van der Waals surface area contributed by atoms with Crippen LogP contribution in [0.1, 0.15) is 11.1 Å². The van der Waals surface area contributed by atoms with Gasteiger partial charge >= 0.3 is 0 Å². The van der Waals surface area contributed by atoms with E-state index in [0.29, 0.717) is 16.7 Å². The lowest BCUT2D eigenvalue weighted by molar-refractivity contribution is 0.302. The number of ether oxygens (including phenoxy) is 1. The van der Waals surface area contributed by atoms with Crippen LogP contribution in [0.15, 0.2) is 40.9 Å². The molecule has 0 aliphatic heterocycles. The number of nitrogens with one attached hydrogen (secondary N) is 1. The van der Waals surface area contributed by atoms with Crippen molar-refractivity contribution in [1.82, 2.24) is 5.32 Å². The van der Waals surface area contributed by atoms with Crippen LogP contribution in [0.2, 0.25) is 10.0 Å². The van der Waals surface area contributed by atoms with Crippen molar-refractivity contribution in [2.45, 2.75) is 13.2 Å². The van der Waals surface area contributed by atoms with Gasteiger partial charge in [0, 0.05) is 16.6 Å². The molecule has 2 aromatic rings. The summed E-state index contributed by atoms with van der Waals surface area (Å²) in [6, 6.07) is 11.5. The average Bonchev–Trinajstić information content (AvgIpc) is 2.42. The van der Waals surface area contributed by atoms with Crippen molar-refractivity contribution in [3.05, 3.63) is 62.0 Å². The first kappa shape index (κ1) is 15.6. The maximum Gasteiger partial charge on any atom is 0.124 e. The summed E-state index contributed by atoms with van der Waals surface area (Å²) in [5.41, 5.74) is 2.08. The molecule has 1 N–H and O–H groups in total. The smallest absolute Gasteiger partial charge is 0.124 e. The third-order valence-electron chi connectivity index (χ3n) is 2.77. The molecule has 0 unspecified atom stereocenters. The highest BCUT2D eigenvalue weighted by atomic mass is 79.9. The number of halogens is 3. The second kappa shape index (κ2) is 7.32. The number of benzene rings is 2. The Morgan fingerprint density at radius 3 is 2.60 bits per heavy atom. The maximum absolute atomic E-state index is 5.99. The topological polar surface area (TPSA) is 21.3 Å². The van der Waals surface area contributed by atoms with Crippen molar-refractivity contribution in [1.29, 1.82) is 0 Å². The summed E-state index contributed by atoms with van der Waals surface area (Å²) >= 11 is 15.4. The quantitative estimate of drug-likeness (QED) is 0.790. The summed E-state index contributed by atoms with van der Waals surface area (Å²) in [5, 5.41) is 4.22. The largest absolute Gasteiger partial charge is 0.489 e. The summed E-state index contributed by atoms with van der Waals surface area (Å²) in [6.07, 6.45) is 0. The van der Waals surface area contributed by atoms with E-state index in [0.717, 1.165) is 27.9 Å². The van der Waals surface area contributed by atoms with Crippen LogP contribution in [0.5, 0.6) is 5.75 Å². The summed E-state index contributed by atoms with van der Waals surface area (Å²) in [7, 11) is 1.91. The Hall–Kier alpha value is -0.740. The molecule has 2 aromatic carbocycles. The Balaban J connectivity index is 2.11. The van der Waals surface area contributed by atoms with Crippen LogP contribution < -0.4 is 10.1 Å². The van der Waals surface area contributed by atoms with Crippen LogP contribution in [0.3, 0.4) is 0 Å². The fraction of sp³-hybridized carbons (Fsp3) is 0.200. The molecule has 0 saturated carbocycles. The minimum atomic E-state index is 0.454. The normalized spacial score (nSPS) is 10.6. The van der Waals surface area contributed by atoms with E-state index in [1.807, 2.05) is 37.4 Å².